The van der Waals surface area contributed by atoms with E-state index in [0.717, 1.165) is 6.54 Å². The van der Waals surface area contributed by atoms with Crippen molar-refractivity contribution in [1.82, 2.24) is 20.1 Å². The van der Waals surface area contributed by atoms with Crippen molar-refractivity contribution in [2.24, 2.45) is 5.41 Å². The fourth-order valence-electron chi connectivity index (χ4n) is 3.91. The number of hydrogen-bond acceptors (Lipinski definition) is 3. The van der Waals surface area contributed by atoms with Gasteiger partial charge in [0.1, 0.15) is 12.2 Å². The molecule has 2 saturated carbocycles. The fourth-order valence-corrected chi connectivity index (χ4v) is 3.91. The van der Waals surface area contributed by atoms with Crippen LogP contribution in [0.2, 0.25) is 0 Å². The van der Waals surface area contributed by atoms with E-state index < -0.39 is 0 Å². The lowest BCUT2D eigenvalue weighted by molar-refractivity contribution is 0.281. The summed E-state index contributed by atoms with van der Waals surface area (Å²) in [7, 11) is 0. The molecule has 1 aliphatic heterocycles. The van der Waals surface area contributed by atoms with Crippen LogP contribution in [-0.4, -0.2) is 27.9 Å². The quantitative estimate of drug-likeness (QED) is 0.846. The number of hydrogen-bond donors (Lipinski definition) is 1. The first kappa shape index (κ1) is 10.1. The van der Waals surface area contributed by atoms with Gasteiger partial charge in [-0.2, -0.15) is 0 Å². The molecule has 92 valence electrons. The molecule has 1 saturated heterocycles. The number of nitrogens with zero attached hydrogens (tertiary/aromatic N) is 3. The zero-order valence-corrected chi connectivity index (χ0v) is 10.2. The van der Waals surface area contributed by atoms with Gasteiger partial charge in [-0.3, -0.25) is 0 Å². The second-order valence-corrected chi connectivity index (χ2v) is 6.08. The van der Waals surface area contributed by atoms with Gasteiger partial charge in [-0.05, 0) is 31.1 Å². The van der Waals surface area contributed by atoms with Crippen LogP contribution in [0.25, 0.3) is 0 Å². The molecule has 1 spiro atoms. The topological polar surface area (TPSA) is 42.7 Å². The molecule has 1 aromatic heterocycles. The molecule has 1 unspecified atom stereocenters. The lowest BCUT2D eigenvalue weighted by Crippen LogP contribution is -2.27. The van der Waals surface area contributed by atoms with E-state index in [1.165, 1.54) is 50.9 Å². The Labute approximate surface area is 102 Å². The van der Waals surface area contributed by atoms with Gasteiger partial charge in [-0.1, -0.05) is 12.8 Å². The summed E-state index contributed by atoms with van der Waals surface area (Å²) >= 11 is 0. The van der Waals surface area contributed by atoms with E-state index in [9.17, 15) is 0 Å². The van der Waals surface area contributed by atoms with Crippen molar-refractivity contribution in [3.63, 3.8) is 0 Å². The SMILES string of the molecule is c1nnc(C2CNCC23CCCC3)n1C1CC1. The minimum Gasteiger partial charge on any atom is -0.315 e. The molecular weight excluding hydrogens is 212 g/mol. The van der Waals surface area contributed by atoms with Crippen molar-refractivity contribution in [3.05, 3.63) is 12.2 Å². The molecule has 4 nitrogen and oxygen atoms in total. The van der Waals surface area contributed by atoms with Gasteiger partial charge in [0.25, 0.3) is 0 Å². The molecule has 0 bridgehead atoms. The molecule has 0 radical (unpaired) electrons. The standard InChI is InChI=1S/C13H20N4/c1-2-6-13(5-1)8-14-7-11(13)12-16-15-9-17(12)10-3-4-10/h9-11,14H,1-8H2. The van der Waals surface area contributed by atoms with Crippen molar-refractivity contribution in [2.45, 2.75) is 50.5 Å². The zero-order chi connectivity index (χ0) is 11.3. The van der Waals surface area contributed by atoms with Crippen LogP contribution < -0.4 is 5.32 Å². The van der Waals surface area contributed by atoms with Crippen LogP contribution in [0.15, 0.2) is 6.33 Å². The Morgan fingerprint density at radius 1 is 1.29 bits per heavy atom. The van der Waals surface area contributed by atoms with Gasteiger partial charge in [0, 0.05) is 25.0 Å². The molecule has 3 aliphatic rings. The van der Waals surface area contributed by atoms with Crippen LogP contribution in [0.1, 0.15) is 56.3 Å². The van der Waals surface area contributed by atoms with Gasteiger partial charge in [0.05, 0.1) is 0 Å². The average Bonchev–Trinajstić information content (AvgIpc) is 2.83. The summed E-state index contributed by atoms with van der Waals surface area (Å²) < 4.78 is 2.36. The first-order chi connectivity index (χ1) is 8.39. The van der Waals surface area contributed by atoms with Crippen LogP contribution in [0.4, 0.5) is 0 Å². The van der Waals surface area contributed by atoms with Gasteiger partial charge >= 0.3 is 0 Å². The molecule has 0 aromatic carbocycles. The maximum absolute atomic E-state index is 4.45. The van der Waals surface area contributed by atoms with Crippen LogP contribution in [0, 0.1) is 5.41 Å². The predicted molar refractivity (Wildman–Crippen MR) is 64.8 cm³/mol. The molecule has 1 aromatic rings. The molecule has 2 heterocycles. The third-order valence-corrected chi connectivity index (χ3v) is 5.02. The van der Waals surface area contributed by atoms with E-state index >= 15 is 0 Å². The van der Waals surface area contributed by atoms with Crippen LogP contribution in [-0.2, 0) is 0 Å². The summed E-state index contributed by atoms with van der Waals surface area (Å²) in [5.41, 5.74) is 0.500. The lowest BCUT2D eigenvalue weighted by atomic mass is 9.76. The summed E-state index contributed by atoms with van der Waals surface area (Å²) in [4.78, 5) is 0. The Morgan fingerprint density at radius 2 is 2.12 bits per heavy atom. The second-order valence-electron chi connectivity index (χ2n) is 6.08. The molecule has 17 heavy (non-hydrogen) atoms. The Morgan fingerprint density at radius 3 is 2.88 bits per heavy atom. The van der Waals surface area contributed by atoms with Crippen molar-refractivity contribution in [2.75, 3.05) is 13.1 Å². The Bertz CT molecular complexity index is 409. The molecule has 2 aliphatic carbocycles. The maximum Gasteiger partial charge on any atom is 0.138 e. The predicted octanol–water partition coefficient (Wildman–Crippen LogP) is 1.86. The summed E-state index contributed by atoms with van der Waals surface area (Å²) in [6, 6.07) is 0.707. The van der Waals surface area contributed by atoms with Crippen molar-refractivity contribution in [3.8, 4) is 0 Å². The summed E-state index contributed by atoms with van der Waals surface area (Å²) in [5.74, 6) is 1.87. The van der Waals surface area contributed by atoms with E-state index in [-0.39, 0.29) is 0 Å². The molecule has 3 fully saturated rings. The zero-order valence-electron chi connectivity index (χ0n) is 10.2. The summed E-state index contributed by atoms with van der Waals surface area (Å²) in [6.45, 7) is 2.29. The molecule has 4 rings (SSSR count). The average molecular weight is 232 g/mol. The summed E-state index contributed by atoms with van der Waals surface area (Å²) in [6.07, 6.45) is 10.1. The highest BCUT2D eigenvalue weighted by Crippen LogP contribution is 2.51. The fraction of sp³-hybridized carbons (Fsp3) is 0.846. The Kier molecular flexibility index (Phi) is 2.10. The first-order valence-electron chi connectivity index (χ1n) is 6.99. The molecule has 1 N–H and O–H groups in total. The highest BCUT2D eigenvalue weighted by molar-refractivity contribution is 5.14. The van der Waals surface area contributed by atoms with Gasteiger partial charge in [-0.25, -0.2) is 0 Å². The maximum atomic E-state index is 4.45. The normalized spacial score (nSPS) is 31.4. The van der Waals surface area contributed by atoms with E-state index in [1.54, 1.807) is 0 Å². The highest BCUT2D eigenvalue weighted by Gasteiger charge is 2.48. The van der Waals surface area contributed by atoms with Crippen molar-refractivity contribution in [1.29, 1.82) is 0 Å². The minimum absolute atomic E-state index is 0.500. The largest absolute Gasteiger partial charge is 0.315 e. The van der Waals surface area contributed by atoms with Gasteiger partial charge in [-0.15, -0.1) is 10.2 Å². The smallest absolute Gasteiger partial charge is 0.138 e. The van der Waals surface area contributed by atoms with Crippen LogP contribution in [0.5, 0.6) is 0 Å². The third kappa shape index (κ3) is 1.46. The second kappa shape index (κ2) is 3.55. The molecule has 0 amide bonds. The van der Waals surface area contributed by atoms with E-state index in [2.05, 4.69) is 20.1 Å². The van der Waals surface area contributed by atoms with Crippen molar-refractivity contribution >= 4 is 0 Å². The van der Waals surface area contributed by atoms with Crippen molar-refractivity contribution < 1.29 is 0 Å². The van der Waals surface area contributed by atoms with Crippen LogP contribution >= 0.6 is 0 Å². The monoisotopic (exact) mass is 232 g/mol. The first-order valence-corrected chi connectivity index (χ1v) is 6.99. The number of nitrogens with one attached hydrogen (secondary N) is 1. The van der Waals surface area contributed by atoms with Gasteiger partial charge in [0.15, 0.2) is 0 Å². The Balaban J connectivity index is 1.70. The number of rotatable bonds is 2. The van der Waals surface area contributed by atoms with E-state index in [1.807, 2.05) is 6.33 Å². The van der Waals surface area contributed by atoms with E-state index in [0.29, 0.717) is 17.4 Å². The third-order valence-electron chi connectivity index (χ3n) is 5.02. The minimum atomic E-state index is 0.500. The number of aromatic nitrogens is 3. The molecule has 1 atom stereocenters. The van der Waals surface area contributed by atoms with Gasteiger partial charge in [0.2, 0.25) is 0 Å². The van der Waals surface area contributed by atoms with E-state index in [4.69, 9.17) is 0 Å². The molecule has 4 heteroatoms. The Hall–Kier alpha value is -0.900. The lowest BCUT2D eigenvalue weighted by Gasteiger charge is -2.29. The highest BCUT2D eigenvalue weighted by atomic mass is 15.3. The summed E-state index contributed by atoms with van der Waals surface area (Å²) in [5, 5.41) is 12.2. The van der Waals surface area contributed by atoms with Crippen LogP contribution in [0.3, 0.4) is 0 Å². The van der Waals surface area contributed by atoms with Gasteiger partial charge < -0.3 is 9.88 Å². The molecular formula is C13H20N4.